The maximum absolute atomic E-state index is 15.6. The van der Waals surface area contributed by atoms with Gasteiger partial charge in [0.2, 0.25) is 5.91 Å². The highest BCUT2D eigenvalue weighted by atomic mass is 32.2. The molecule has 238 valence electrons. The fourth-order valence-corrected chi connectivity index (χ4v) is 7.83. The maximum atomic E-state index is 15.6. The van der Waals surface area contributed by atoms with Gasteiger partial charge in [0.25, 0.3) is 0 Å². The van der Waals surface area contributed by atoms with E-state index in [1.807, 2.05) is 0 Å². The second-order valence-electron chi connectivity index (χ2n) is 11.1. The van der Waals surface area contributed by atoms with Crippen molar-refractivity contribution < 1.29 is 31.5 Å². The lowest BCUT2D eigenvalue weighted by Gasteiger charge is -2.45. The number of H-pyrrole nitrogens is 2. The number of piperazine rings is 1. The molecule has 0 spiro atoms. The zero-order valence-corrected chi connectivity index (χ0v) is 25.0. The number of halogens is 5. The average Bonchev–Trinajstić information content (AvgIpc) is 3.36. The summed E-state index contributed by atoms with van der Waals surface area (Å²) < 4.78 is 81.9. The van der Waals surface area contributed by atoms with Gasteiger partial charge in [0.15, 0.2) is 5.82 Å². The smallest absolute Gasteiger partial charge is 0.383 e. The first kappa shape index (κ1) is 30.8. The number of aromatic nitrogens is 4. The number of ether oxygens (including phenoxy) is 1. The molecule has 2 aromatic heterocycles. The number of amides is 1. The Bertz CT molecular complexity index is 1990. The van der Waals surface area contributed by atoms with Gasteiger partial charge in [-0.1, -0.05) is 6.58 Å². The highest BCUT2D eigenvalue weighted by Crippen LogP contribution is 2.51. The summed E-state index contributed by atoms with van der Waals surface area (Å²) in [6.07, 6.45) is -3.87. The maximum Gasteiger partial charge on any atom is 0.417 e. The molecule has 0 aliphatic carbocycles. The summed E-state index contributed by atoms with van der Waals surface area (Å²) in [6, 6.07) is -0.209. The molecule has 16 heteroatoms. The number of hydrogen-bond donors (Lipinski definition) is 2. The first-order chi connectivity index (χ1) is 21.3. The molecule has 0 radical (unpaired) electrons. The van der Waals surface area contributed by atoms with E-state index in [2.05, 4.69) is 21.5 Å². The Kier molecular flexibility index (Phi) is 7.54. The number of methoxy groups -OCH3 is 1. The van der Waals surface area contributed by atoms with Crippen molar-refractivity contribution in [3.63, 3.8) is 0 Å². The van der Waals surface area contributed by atoms with Gasteiger partial charge in [0.1, 0.15) is 17.2 Å². The predicted octanol–water partition coefficient (Wildman–Crippen LogP) is 4.43. The SMILES string of the molecule is C=CC(=O)N1[C@H](C)CN(c2nc(=O)n3c4c(c(-c5c(F)cc(F)c6[nH]c(=O)[nH]c56)c(C(F)(F)F)cc24)SC[C@@H]3COC)C[C@@H]1C. The van der Waals surface area contributed by atoms with Crippen molar-refractivity contribution in [2.45, 2.75) is 43.0 Å². The summed E-state index contributed by atoms with van der Waals surface area (Å²) in [7, 11) is 1.42. The Morgan fingerprint density at radius 1 is 1.11 bits per heavy atom. The van der Waals surface area contributed by atoms with Crippen LogP contribution in [0.3, 0.4) is 0 Å². The molecule has 0 saturated carbocycles. The average molecular weight is 651 g/mol. The molecule has 2 aliphatic rings. The number of nitrogens with one attached hydrogen (secondary N) is 2. The van der Waals surface area contributed by atoms with Crippen LogP contribution in [-0.2, 0) is 15.7 Å². The summed E-state index contributed by atoms with van der Waals surface area (Å²) in [6.45, 7) is 7.42. The third kappa shape index (κ3) is 4.90. The van der Waals surface area contributed by atoms with Gasteiger partial charge in [-0.05, 0) is 26.0 Å². The van der Waals surface area contributed by atoms with Crippen LogP contribution in [0.25, 0.3) is 33.1 Å². The molecular weight excluding hydrogens is 623 g/mol. The van der Waals surface area contributed by atoms with E-state index in [0.717, 1.165) is 17.8 Å². The highest BCUT2D eigenvalue weighted by molar-refractivity contribution is 7.99. The number of carbonyl (C=O) groups excluding carboxylic acids is 1. The summed E-state index contributed by atoms with van der Waals surface area (Å²) >= 11 is 0.969. The van der Waals surface area contributed by atoms with Crippen LogP contribution >= 0.6 is 11.8 Å². The molecule has 6 rings (SSSR count). The minimum atomic E-state index is -5.05. The molecule has 2 aliphatic heterocycles. The summed E-state index contributed by atoms with van der Waals surface area (Å²) in [5, 5.41) is -0.0156. The van der Waals surface area contributed by atoms with Crippen molar-refractivity contribution in [1.29, 1.82) is 0 Å². The molecule has 0 bridgehead atoms. The Morgan fingerprint density at radius 3 is 2.40 bits per heavy atom. The van der Waals surface area contributed by atoms with Crippen LogP contribution in [0.4, 0.5) is 27.8 Å². The Labute approximate surface area is 255 Å². The normalized spacial score (nSPS) is 20.3. The zero-order chi connectivity index (χ0) is 32.5. The van der Waals surface area contributed by atoms with Crippen molar-refractivity contribution in [2.75, 3.05) is 37.5 Å². The number of carbonyl (C=O) groups is 1. The van der Waals surface area contributed by atoms with Crippen LogP contribution in [0, 0.1) is 11.6 Å². The number of imidazole rings is 1. The molecular formula is C29H27F5N6O4S. The van der Waals surface area contributed by atoms with Crippen molar-refractivity contribution in [1.82, 2.24) is 24.4 Å². The lowest BCUT2D eigenvalue weighted by atomic mass is 9.94. The monoisotopic (exact) mass is 650 g/mol. The number of aromatic amines is 2. The Hall–Kier alpha value is -4.18. The predicted molar refractivity (Wildman–Crippen MR) is 159 cm³/mol. The highest BCUT2D eigenvalue weighted by Gasteiger charge is 2.41. The van der Waals surface area contributed by atoms with E-state index in [9.17, 15) is 18.8 Å². The Balaban J connectivity index is 1.71. The molecule has 1 saturated heterocycles. The van der Waals surface area contributed by atoms with Gasteiger partial charge in [0, 0.05) is 65.5 Å². The fraction of sp³-hybridized carbons (Fsp3) is 0.379. The van der Waals surface area contributed by atoms with E-state index in [1.54, 1.807) is 23.6 Å². The lowest BCUT2D eigenvalue weighted by molar-refractivity contribution is -0.137. The van der Waals surface area contributed by atoms with Crippen LogP contribution < -0.4 is 16.3 Å². The van der Waals surface area contributed by atoms with Crippen LogP contribution in [0.2, 0.25) is 0 Å². The van der Waals surface area contributed by atoms with E-state index >= 15 is 17.6 Å². The number of hydrogen-bond acceptors (Lipinski definition) is 7. The Morgan fingerprint density at radius 2 is 1.78 bits per heavy atom. The van der Waals surface area contributed by atoms with Crippen LogP contribution in [0.1, 0.15) is 25.5 Å². The molecule has 1 amide bonds. The van der Waals surface area contributed by atoms with Gasteiger partial charge in [0.05, 0.1) is 29.2 Å². The molecule has 3 atom stereocenters. The van der Waals surface area contributed by atoms with Gasteiger partial charge in [-0.3, -0.25) is 9.36 Å². The molecule has 2 aromatic carbocycles. The van der Waals surface area contributed by atoms with Crippen molar-refractivity contribution >= 4 is 45.4 Å². The van der Waals surface area contributed by atoms with Crippen LogP contribution in [0.5, 0.6) is 0 Å². The molecule has 4 aromatic rings. The second-order valence-corrected chi connectivity index (χ2v) is 12.2. The third-order valence-corrected chi connectivity index (χ3v) is 9.44. The number of rotatable bonds is 5. The number of fused-ring (bicyclic) bond motifs is 1. The summed E-state index contributed by atoms with van der Waals surface area (Å²) in [5.41, 5.74) is -5.14. The van der Waals surface area contributed by atoms with Crippen molar-refractivity contribution in [2.24, 2.45) is 0 Å². The fourth-order valence-electron chi connectivity index (χ4n) is 6.52. The van der Waals surface area contributed by atoms with Gasteiger partial charge >= 0.3 is 17.6 Å². The molecule has 4 heterocycles. The molecule has 2 N–H and O–H groups in total. The van der Waals surface area contributed by atoms with Gasteiger partial charge in [-0.2, -0.15) is 18.2 Å². The third-order valence-electron chi connectivity index (χ3n) is 8.20. The van der Waals surface area contributed by atoms with Gasteiger partial charge in [-0.25, -0.2) is 18.4 Å². The summed E-state index contributed by atoms with van der Waals surface area (Å²) in [4.78, 5) is 50.2. The molecule has 1 fully saturated rings. The van der Waals surface area contributed by atoms with Crippen LogP contribution in [0.15, 0.2) is 39.3 Å². The standard InChI is InChI=1S/C29H27F5N6O4S/c1-5-19(41)39-12(2)8-38(9-13(39)3)26-15-6-16(29(32,33)34)20(21-17(30)7-18(31)22-23(21)36-27(42)35-22)25-24(15)40(28(43)37-26)14(10-44-4)11-45-25/h5-7,12-14H,1,8-11H2,2-4H3,(H2,35,36,42)/t12-,13+,14-/m0/s1. The minimum Gasteiger partial charge on any atom is -0.383 e. The zero-order valence-electron chi connectivity index (χ0n) is 24.2. The van der Waals surface area contributed by atoms with E-state index in [-0.39, 0.29) is 53.0 Å². The van der Waals surface area contributed by atoms with E-state index in [4.69, 9.17) is 4.74 Å². The van der Waals surface area contributed by atoms with E-state index in [1.165, 1.54) is 17.8 Å². The topological polar surface area (TPSA) is 116 Å². The minimum absolute atomic E-state index is 0.0156. The molecule has 45 heavy (non-hydrogen) atoms. The quantitative estimate of drug-likeness (QED) is 0.243. The number of anilines is 1. The molecule has 0 unspecified atom stereocenters. The van der Waals surface area contributed by atoms with Gasteiger partial charge in [-0.15, -0.1) is 11.8 Å². The van der Waals surface area contributed by atoms with Crippen molar-refractivity contribution in [3.05, 3.63) is 63.0 Å². The number of nitrogens with zero attached hydrogens (tertiary/aromatic N) is 4. The second kappa shape index (κ2) is 11.0. The van der Waals surface area contributed by atoms with E-state index in [0.29, 0.717) is 6.07 Å². The first-order valence-electron chi connectivity index (χ1n) is 13.9. The summed E-state index contributed by atoms with van der Waals surface area (Å²) in [5.74, 6) is -2.74. The first-order valence-corrected chi connectivity index (χ1v) is 14.9. The number of alkyl halides is 3. The van der Waals surface area contributed by atoms with E-state index < -0.39 is 75.0 Å². The van der Waals surface area contributed by atoms with Crippen molar-refractivity contribution in [3.8, 4) is 11.1 Å². The largest absolute Gasteiger partial charge is 0.417 e. The molecule has 10 nitrogen and oxygen atoms in total. The van der Waals surface area contributed by atoms with Crippen LogP contribution in [-0.4, -0.2) is 75.0 Å². The number of benzene rings is 2. The lowest BCUT2D eigenvalue weighted by Crippen LogP contribution is -2.58. The van der Waals surface area contributed by atoms with Gasteiger partial charge < -0.3 is 24.5 Å². The number of thioether (sulfide) groups is 1.